The Morgan fingerprint density at radius 1 is 1.05 bits per heavy atom. The molecule has 0 saturated carbocycles. The van der Waals surface area contributed by atoms with E-state index in [1.807, 2.05) is 6.07 Å². The molecule has 0 aliphatic rings. The Morgan fingerprint density at radius 3 is 2.27 bits per heavy atom. The third-order valence-electron chi connectivity index (χ3n) is 2.98. The minimum atomic E-state index is -0.932. The minimum absolute atomic E-state index is 0.282. The van der Waals surface area contributed by atoms with E-state index >= 15 is 0 Å². The molecule has 5 heteroatoms. The summed E-state index contributed by atoms with van der Waals surface area (Å²) in [7, 11) is 0. The Balaban J connectivity index is 1.95. The second-order valence-electron chi connectivity index (χ2n) is 4.64. The molecule has 0 aliphatic heterocycles. The van der Waals surface area contributed by atoms with Crippen molar-refractivity contribution in [1.82, 2.24) is 0 Å². The van der Waals surface area contributed by atoms with Crippen LogP contribution in [0, 0.1) is 0 Å². The SMILES string of the molecule is C[C@H](OC(=O)c1ccc(C=O)cc1)C(=O)Nc1ccccc1. The summed E-state index contributed by atoms with van der Waals surface area (Å²) >= 11 is 0. The van der Waals surface area contributed by atoms with Crippen molar-refractivity contribution < 1.29 is 19.1 Å². The molecular weight excluding hydrogens is 282 g/mol. The molecule has 22 heavy (non-hydrogen) atoms. The largest absolute Gasteiger partial charge is 0.449 e. The Labute approximate surface area is 127 Å². The number of amides is 1. The van der Waals surface area contributed by atoms with Crippen LogP contribution in [0.15, 0.2) is 54.6 Å². The second kappa shape index (κ2) is 7.17. The number of nitrogens with one attached hydrogen (secondary N) is 1. The van der Waals surface area contributed by atoms with Crippen LogP contribution in [0.1, 0.15) is 27.6 Å². The predicted molar refractivity (Wildman–Crippen MR) is 81.8 cm³/mol. The van der Waals surface area contributed by atoms with E-state index in [-0.39, 0.29) is 5.56 Å². The molecule has 5 nitrogen and oxygen atoms in total. The summed E-state index contributed by atoms with van der Waals surface area (Å²) in [5, 5.41) is 2.65. The normalized spacial score (nSPS) is 11.3. The van der Waals surface area contributed by atoms with E-state index < -0.39 is 18.0 Å². The van der Waals surface area contributed by atoms with Crippen LogP contribution >= 0.6 is 0 Å². The van der Waals surface area contributed by atoms with Crippen molar-refractivity contribution in [2.24, 2.45) is 0 Å². The molecule has 0 saturated heterocycles. The number of aldehydes is 1. The van der Waals surface area contributed by atoms with Gasteiger partial charge in [0.05, 0.1) is 5.56 Å². The molecule has 2 aromatic rings. The average Bonchev–Trinajstić information content (AvgIpc) is 2.55. The quantitative estimate of drug-likeness (QED) is 0.680. The van der Waals surface area contributed by atoms with Crippen molar-refractivity contribution in [1.29, 1.82) is 0 Å². The molecule has 0 fully saturated rings. The number of ether oxygens (including phenoxy) is 1. The van der Waals surface area contributed by atoms with Gasteiger partial charge in [-0.25, -0.2) is 4.79 Å². The zero-order chi connectivity index (χ0) is 15.9. The van der Waals surface area contributed by atoms with Gasteiger partial charge in [0.15, 0.2) is 6.10 Å². The van der Waals surface area contributed by atoms with Gasteiger partial charge in [-0.05, 0) is 31.2 Å². The van der Waals surface area contributed by atoms with Gasteiger partial charge in [0.1, 0.15) is 6.29 Å². The van der Waals surface area contributed by atoms with Gasteiger partial charge in [0.2, 0.25) is 0 Å². The molecule has 2 aromatic carbocycles. The number of benzene rings is 2. The highest BCUT2D eigenvalue weighted by molar-refractivity contribution is 5.97. The molecule has 0 aliphatic carbocycles. The standard InChI is InChI=1S/C17H15NO4/c1-12(16(20)18-15-5-3-2-4-6-15)22-17(21)14-9-7-13(11-19)8-10-14/h2-12H,1H3,(H,18,20)/t12-/m0/s1. The fourth-order valence-corrected chi connectivity index (χ4v) is 1.75. The van der Waals surface area contributed by atoms with Gasteiger partial charge in [-0.1, -0.05) is 30.3 Å². The van der Waals surface area contributed by atoms with Crippen molar-refractivity contribution in [2.45, 2.75) is 13.0 Å². The zero-order valence-corrected chi connectivity index (χ0v) is 12.0. The maximum Gasteiger partial charge on any atom is 0.338 e. The Morgan fingerprint density at radius 2 is 1.68 bits per heavy atom. The summed E-state index contributed by atoms with van der Waals surface area (Å²) in [6.07, 6.45) is -0.246. The molecule has 2 rings (SSSR count). The number of carbonyl (C=O) groups is 3. The van der Waals surface area contributed by atoms with Gasteiger partial charge in [-0.2, -0.15) is 0 Å². The van der Waals surface area contributed by atoms with E-state index in [4.69, 9.17) is 4.74 Å². The highest BCUT2D eigenvalue weighted by Gasteiger charge is 2.18. The van der Waals surface area contributed by atoms with Crippen molar-refractivity contribution in [3.63, 3.8) is 0 Å². The van der Waals surface area contributed by atoms with Gasteiger partial charge in [-0.15, -0.1) is 0 Å². The number of para-hydroxylation sites is 1. The number of rotatable bonds is 5. The number of carbonyl (C=O) groups excluding carboxylic acids is 3. The van der Waals surface area contributed by atoms with Crippen molar-refractivity contribution in [2.75, 3.05) is 5.32 Å². The van der Waals surface area contributed by atoms with Crippen molar-refractivity contribution in [3.8, 4) is 0 Å². The molecule has 0 radical (unpaired) electrons. The lowest BCUT2D eigenvalue weighted by Crippen LogP contribution is -2.29. The summed E-state index contributed by atoms with van der Waals surface area (Å²) in [6, 6.07) is 14.9. The van der Waals surface area contributed by atoms with Crippen LogP contribution in [-0.2, 0) is 9.53 Å². The van der Waals surface area contributed by atoms with Crippen LogP contribution in [0.4, 0.5) is 5.69 Å². The fraction of sp³-hybridized carbons (Fsp3) is 0.118. The first-order valence-electron chi connectivity index (χ1n) is 6.72. The van der Waals surface area contributed by atoms with Crippen molar-refractivity contribution >= 4 is 23.9 Å². The third-order valence-corrected chi connectivity index (χ3v) is 2.98. The Kier molecular flexibility index (Phi) is 5.03. The summed E-state index contributed by atoms with van der Waals surface area (Å²) in [5.74, 6) is -1.03. The molecule has 1 amide bonds. The van der Waals surface area contributed by atoms with E-state index in [9.17, 15) is 14.4 Å². The fourth-order valence-electron chi connectivity index (χ4n) is 1.75. The van der Waals surface area contributed by atoms with Crippen LogP contribution < -0.4 is 5.32 Å². The first-order chi connectivity index (χ1) is 10.6. The summed E-state index contributed by atoms with van der Waals surface area (Å²) in [4.78, 5) is 34.4. The van der Waals surface area contributed by atoms with Gasteiger partial charge in [0, 0.05) is 11.3 Å². The molecule has 112 valence electrons. The highest BCUT2D eigenvalue weighted by atomic mass is 16.5. The Bertz CT molecular complexity index is 665. The molecule has 1 N–H and O–H groups in total. The van der Waals surface area contributed by atoms with E-state index in [1.165, 1.54) is 31.2 Å². The third kappa shape index (κ3) is 4.02. The first kappa shape index (κ1) is 15.4. The summed E-state index contributed by atoms with van der Waals surface area (Å²) in [5.41, 5.74) is 1.38. The number of hydrogen-bond acceptors (Lipinski definition) is 4. The van der Waals surface area contributed by atoms with E-state index in [2.05, 4.69) is 5.32 Å². The predicted octanol–water partition coefficient (Wildman–Crippen LogP) is 2.68. The van der Waals surface area contributed by atoms with Gasteiger partial charge < -0.3 is 10.1 Å². The molecule has 0 bridgehead atoms. The maximum atomic E-state index is 11.9. The summed E-state index contributed by atoms with van der Waals surface area (Å²) in [6.45, 7) is 1.50. The lowest BCUT2D eigenvalue weighted by Gasteiger charge is -2.13. The molecule has 0 heterocycles. The highest BCUT2D eigenvalue weighted by Crippen LogP contribution is 2.09. The summed E-state index contributed by atoms with van der Waals surface area (Å²) < 4.78 is 5.10. The van der Waals surface area contributed by atoms with Crippen LogP contribution in [0.3, 0.4) is 0 Å². The topological polar surface area (TPSA) is 72.5 Å². The smallest absolute Gasteiger partial charge is 0.338 e. The maximum absolute atomic E-state index is 11.9. The second-order valence-corrected chi connectivity index (χ2v) is 4.64. The average molecular weight is 297 g/mol. The molecule has 1 atom stereocenters. The van der Waals surface area contributed by atoms with Crippen LogP contribution in [0.5, 0.6) is 0 Å². The number of anilines is 1. The number of esters is 1. The minimum Gasteiger partial charge on any atom is -0.449 e. The lowest BCUT2D eigenvalue weighted by atomic mass is 10.1. The van der Waals surface area contributed by atoms with Gasteiger partial charge in [0.25, 0.3) is 5.91 Å². The van der Waals surface area contributed by atoms with Crippen LogP contribution in [0.25, 0.3) is 0 Å². The van der Waals surface area contributed by atoms with E-state index in [0.29, 0.717) is 17.5 Å². The molecule has 0 spiro atoms. The van der Waals surface area contributed by atoms with Gasteiger partial charge >= 0.3 is 5.97 Å². The van der Waals surface area contributed by atoms with Crippen LogP contribution in [-0.4, -0.2) is 24.3 Å². The number of hydrogen-bond donors (Lipinski definition) is 1. The molecule has 0 aromatic heterocycles. The lowest BCUT2D eigenvalue weighted by molar-refractivity contribution is -0.123. The zero-order valence-electron chi connectivity index (χ0n) is 12.0. The van der Waals surface area contributed by atoms with E-state index in [1.54, 1.807) is 24.3 Å². The van der Waals surface area contributed by atoms with Crippen molar-refractivity contribution in [3.05, 3.63) is 65.7 Å². The van der Waals surface area contributed by atoms with Gasteiger partial charge in [-0.3, -0.25) is 9.59 Å². The first-order valence-corrected chi connectivity index (χ1v) is 6.72. The molecule has 0 unspecified atom stereocenters. The van der Waals surface area contributed by atoms with Crippen LogP contribution in [0.2, 0.25) is 0 Å². The molecular formula is C17H15NO4. The van der Waals surface area contributed by atoms with E-state index in [0.717, 1.165) is 0 Å². The Hall–Kier alpha value is -2.95. The monoisotopic (exact) mass is 297 g/mol.